The molecule has 1 fully saturated rings. The van der Waals surface area contributed by atoms with E-state index in [2.05, 4.69) is 57.6 Å². The number of piperazine rings is 1. The minimum Gasteiger partial charge on any atom is -0.497 e. The van der Waals surface area contributed by atoms with Crippen LogP contribution in [0.1, 0.15) is 11.6 Å². The third-order valence-electron chi connectivity index (χ3n) is 6.24. The maximum Gasteiger partial charge on any atom is 0.124 e. The minimum atomic E-state index is 0.314. The molecule has 1 aliphatic rings. The van der Waals surface area contributed by atoms with Gasteiger partial charge in [0.25, 0.3) is 0 Å². The average molecular weight is 462 g/mol. The highest BCUT2D eigenvalue weighted by Crippen LogP contribution is 2.33. The number of methoxy groups -OCH3 is 2. The zero-order valence-corrected chi connectivity index (χ0v) is 20.2. The van der Waals surface area contributed by atoms with Crippen LogP contribution in [0.5, 0.6) is 17.2 Å². The second-order valence-electron chi connectivity index (χ2n) is 8.39. The predicted octanol–water partition coefficient (Wildman–Crippen LogP) is 4.24. The van der Waals surface area contributed by atoms with Gasteiger partial charge in [-0.25, -0.2) is 0 Å². The van der Waals surface area contributed by atoms with Crippen LogP contribution in [0.25, 0.3) is 0 Å². The maximum atomic E-state index is 5.79. The van der Waals surface area contributed by atoms with Gasteiger partial charge < -0.3 is 24.4 Å². The van der Waals surface area contributed by atoms with Gasteiger partial charge in [0.2, 0.25) is 0 Å². The SMILES string of the molecule is COc1cc(OC)cc(N2CCN(CCNCCOc3ccccc3)[C@@H](c3ccccc3)C2)c1. The number of hydrogen-bond acceptors (Lipinski definition) is 6. The largest absolute Gasteiger partial charge is 0.497 e. The zero-order valence-electron chi connectivity index (χ0n) is 20.2. The highest BCUT2D eigenvalue weighted by molar-refractivity contribution is 5.56. The standard InChI is InChI=1S/C28H35N3O3/c1-32-26-19-24(20-27(21-26)33-2)31-17-16-30(28(22-31)23-9-5-3-6-10-23)15-13-29-14-18-34-25-11-7-4-8-12-25/h3-12,19-21,28-29H,13-18,22H2,1-2H3/t28-/m1/s1. The van der Waals surface area contributed by atoms with Crippen LogP contribution in [0.2, 0.25) is 0 Å². The van der Waals surface area contributed by atoms with E-state index in [9.17, 15) is 0 Å². The molecule has 1 aliphatic heterocycles. The predicted molar refractivity (Wildman–Crippen MR) is 137 cm³/mol. The summed E-state index contributed by atoms with van der Waals surface area (Å²) in [6.07, 6.45) is 0. The van der Waals surface area contributed by atoms with Crippen LogP contribution in [-0.2, 0) is 0 Å². The summed E-state index contributed by atoms with van der Waals surface area (Å²) in [5, 5.41) is 3.53. The van der Waals surface area contributed by atoms with Gasteiger partial charge in [-0.2, -0.15) is 0 Å². The van der Waals surface area contributed by atoms with E-state index in [4.69, 9.17) is 14.2 Å². The Kier molecular flexibility index (Phi) is 8.65. The van der Waals surface area contributed by atoms with Gasteiger partial charge in [-0.05, 0) is 17.7 Å². The Morgan fingerprint density at radius 1 is 0.794 bits per heavy atom. The lowest BCUT2D eigenvalue weighted by Crippen LogP contribution is -2.50. The highest BCUT2D eigenvalue weighted by atomic mass is 16.5. The molecule has 0 aromatic heterocycles. The molecule has 180 valence electrons. The van der Waals surface area contributed by atoms with Crippen molar-refractivity contribution in [3.8, 4) is 17.2 Å². The molecule has 0 spiro atoms. The number of anilines is 1. The lowest BCUT2D eigenvalue weighted by atomic mass is 10.0. The first-order valence-electron chi connectivity index (χ1n) is 11.9. The van der Waals surface area contributed by atoms with Crippen molar-refractivity contribution < 1.29 is 14.2 Å². The Balaban J connectivity index is 1.35. The number of hydrogen-bond donors (Lipinski definition) is 1. The van der Waals surface area contributed by atoms with Crippen molar-refractivity contribution in [2.45, 2.75) is 6.04 Å². The molecule has 4 rings (SSSR count). The van der Waals surface area contributed by atoms with Gasteiger partial charge in [-0.15, -0.1) is 0 Å². The molecule has 0 bridgehead atoms. The summed E-state index contributed by atoms with van der Waals surface area (Å²) in [5.41, 5.74) is 2.47. The van der Waals surface area contributed by atoms with Gasteiger partial charge in [0.1, 0.15) is 23.9 Å². The van der Waals surface area contributed by atoms with Crippen molar-refractivity contribution in [2.75, 3.05) is 65.0 Å². The van der Waals surface area contributed by atoms with E-state index in [1.54, 1.807) is 14.2 Å². The van der Waals surface area contributed by atoms with Crippen LogP contribution >= 0.6 is 0 Å². The number of rotatable bonds is 11. The Labute approximate surface area is 203 Å². The van der Waals surface area contributed by atoms with E-state index in [-0.39, 0.29) is 0 Å². The smallest absolute Gasteiger partial charge is 0.124 e. The minimum absolute atomic E-state index is 0.314. The Morgan fingerprint density at radius 2 is 1.47 bits per heavy atom. The van der Waals surface area contributed by atoms with E-state index >= 15 is 0 Å². The molecule has 1 N–H and O–H groups in total. The second kappa shape index (κ2) is 12.3. The van der Waals surface area contributed by atoms with Crippen LogP contribution in [0.4, 0.5) is 5.69 Å². The lowest BCUT2D eigenvalue weighted by molar-refractivity contribution is 0.177. The van der Waals surface area contributed by atoms with Gasteiger partial charge in [0, 0.05) is 63.2 Å². The highest BCUT2D eigenvalue weighted by Gasteiger charge is 2.28. The van der Waals surface area contributed by atoms with Crippen molar-refractivity contribution in [2.24, 2.45) is 0 Å². The van der Waals surface area contributed by atoms with Crippen molar-refractivity contribution >= 4 is 5.69 Å². The monoisotopic (exact) mass is 461 g/mol. The summed E-state index contributed by atoms with van der Waals surface area (Å²) in [6.45, 7) is 6.26. The summed E-state index contributed by atoms with van der Waals surface area (Å²) in [6, 6.07) is 27.2. The summed E-state index contributed by atoms with van der Waals surface area (Å²) in [5.74, 6) is 2.55. The average Bonchev–Trinajstić information content (AvgIpc) is 2.91. The van der Waals surface area contributed by atoms with E-state index in [0.717, 1.165) is 62.2 Å². The molecule has 6 nitrogen and oxygen atoms in total. The first-order chi connectivity index (χ1) is 16.8. The summed E-state index contributed by atoms with van der Waals surface area (Å²) >= 11 is 0. The summed E-state index contributed by atoms with van der Waals surface area (Å²) < 4.78 is 16.8. The Bertz CT molecular complexity index is 978. The van der Waals surface area contributed by atoms with E-state index < -0.39 is 0 Å². The van der Waals surface area contributed by atoms with Gasteiger partial charge >= 0.3 is 0 Å². The molecule has 0 aliphatic carbocycles. The summed E-state index contributed by atoms with van der Waals surface area (Å²) in [7, 11) is 3.39. The molecule has 1 atom stereocenters. The first-order valence-corrected chi connectivity index (χ1v) is 11.9. The summed E-state index contributed by atoms with van der Waals surface area (Å²) in [4.78, 5) is 5.01. The number of nitrogens with zero attached hydrogens (tertiary/aromatic N) is 2. The lowest BCUT2D eigenvalue weighted by Gasteiger charge is -2.43. The normalized spacial score (nSPS) is 16.3. The fraction of sp³-hybridized carbons (Fsp3) is 0.357. The van der Waals surface area contributed by atoms with Gasteiger partial charge in [0.05, 0.1) is 20.3 Å². The van der Waals surface area contributed by atoms with Crippen molar-refractivity contribution in [1.29, 1.82) is 0 Å². The van der Waals surface area contributed by atoms with E-state index in [1.165, 1.54) is 5.56 Å². The molecule has 3 aromatic rings. The first kappa shape index (κ1) is 23.9. The molecule has 0 radical (unpaired) electrons. The second-order valence-corrected chi connectivity index (χ2v) is 8.39. The molecule has 0 unspecified atom stereocenters. The third-order valence-corrected chi connectivity index (χ3v) is 6.24. The van der Waals surface area contributed by atoms with Gasteiger partial charge in [-0.3, -0.25) is 4.90 Å². The topological polar surface area (TPSA) is 46.2 Å². The maximum absolute atomic E-state index is 5.79. The molecule has 0 saturated carbocycles. The molecule has 6 heteroatoms. The molecule has 1 saturated heterocycles. The Hall–Kier alpha value is -3.22. The van der Waals surface area contributed by atoms with Crippen LogP contribution in [0.3, 0.4) is 0 Å². The molecule has 3 aromatic carbocycles. The van der Waals surface area contributed by atoms with Crippen molar-refractivity contribution in [1.82, 2.24) is 10.2 Å². The Morgan fingerprint density at radius 3 is 2.15 bits per heavy atom. The van der Waals surface area contributed by atoms with E-state index in [0.29, 0.717) is 12.6 Å². The van der Waals surface area contributed by atoms with Gasteiger partial charge in [-0.1, -0.05) is 48.5 Å². The molecule has 34 heavy (non-hydrogen) atoms. The number of nitrogens with one attached hydrogen (secondary N) is 1. The quantitative estimate of drug-likeness (QED) is 0.431. The number of ether oxygens (including phenoxy) is 3. The zero-order chi connectivity index (χ0) is 23.6. The van der Waals surface area contributed by atoms with Crippen LogP contribution in [0.15, 0.2) is 78.9 Å². The van der Waals surface area contributed by atoms with Crippen LogP contribution in [0, 0.1) is 0 Å². The van der Waals surface area contributed by atoms with Crippen LogP contribution in [-0.4, -0.2) is 65.0 Å². The van der Waals surface area contributed by atoms with E-state index in [1.807, 2.05) is 36.4 Å². The van der Waals surface area contributed by atoms with Crippen LogP contribution < -0.4 is 24.4 Å². The molecular weight excluding hydrogens is 426 g/mol. The fourth-order valence-corrected chi connectivity index (χ4v) is 4.39. The fourth-order valence-electron chi connectivity index (χ4n) is 4.39. The molecular formula is C28H35N3O3. The van der Waals surface area contributed by atoms with Crippen molar-refractivity contribution in [3.63, 3.8) is 0 Å². The van der Waals surface area contributed by atoms with Gasteiger partial charge in [0.15, 0.2) is 0 Å². The molecule has 1 heterocycles. The third kappa shape index (κ3) is 6.43. The van der Waals surface area contributed by atoms with Crippen molar-refractivity contribution in [3.05, 3.63) is 84.4 Å². The molecule has 0 amide bonds. The number of para-hydroxylation sites is 1. The number of benzene rings is 3.